The minimum absolute atomic E-state index is 0.0151. The minimum Gasteiger partial charge on any atom is -0.298 e. The molecule has 11 aromatic rings. The van der Waals surface area contributed by atoms with E-state index in [0.717, 1.165) is 79.9 Å². The summed E-state index contributed by atoms with van der Waals surface area (Å²) in [4.78, 5) is 26.3. The lowest BCUT2D eigenvalue weighted by molar-refractivity contribution is -0.119. The molecule has 7 aromatic carbocycles. The lowest BCUT2D eigenvalue weighted by Gasteiger charge is -2.13. The number of nitrogens with zero attached hydrogens (tertiary/aromatic N) is 5. The molecule has 4 heterocycles. The zero-order valence-electron chi connectivity index (χ0n) is 35.7. The first kappa shape index (κ1) is 46.3. The molecule has 14 heteroatoms. The molecule has 0 spiro atoms. The third kappa shape index (κ3) is 10.3. The number of thiophene rings is 3. The highest BCUT2D eigenvalue weighted by atomic mass is 35.5. The summed E-state index contributed by atoms with van der Waals surface area (Å²) in [5.74, 6) is -1.10. The maximum absolute atomic E-state index is 13.4. The van der Waals surface area contributed by atoms with Crippen molar-refractivity contribution in [3.8, 4) is 12.1 Å². The molecule has 11 rings (SSSR count). The molecular formula is C54H35Cl3N6O2S3. The highest BCUT2D eigenvalue weighted by Gasteiger charge is 2.29. The van der Waals surface area contributed by atoms with Crippen molar-refractivity contribution in [3.63, 3.8) is 0 Å². The fourth-order valence-corrected chi connectivity index (χ4v) is 11.5. The van der Waals surface area contributed by atoms with Gasteiger partial charge in [-0.3, -0.25) is 9.59 Å². The maximum Gasteiger partial charge on any atom is 0.189 e. The molecule has 0 aliphatic heterocycles. The Labute approximate surface area is 417 Å². The average molecular weight is 1000 g/mol. The first-order valence-corrected chi connectivity index (χ1v) is 24.9. The monoisotopic (exact) mass is 1000 g/mol. The molecule has 0 aliphatic carbocycles. The topological polar surface area (TPSA) is 136 Å². The standard InChI is InChI=1S/C22H15ClN4OS.C22H14ClNOS.C10H6ClNS/c23-16-7-8-20-17(11-16)18(12-29-20)21(22-24-26-27-25-22)19(28)10-13-5-6-14-3-1-2-4-15(14)9-13;23-17-7-8-22-18(11-17)20(13-26-22)19(12-24)21(25)10-14-5-6-15-3-1-2-4-16(15)9-14;11-8-1-2-10-9(5-8)7(3-4-12)6-13-10/h1-9,11-12,21H,10H2,(H,24,25,26,27);1-9,11,13,19H,10H2;1-2,5-6H,3H2. The molecule has 1 N–H and O–H groups in total. The van der Waals surface area contributed by atoms with Crippen LogP contribution in [0.5, 0.6) is 0 Å². The highest BCUT2D eigenvalue weighted by molar-refractivity contribution is 7.18. The van der Waals surface area contributed by atoms with Crippen LogP contribution in [0.3, 0.4) is 0 Å². The molecule has 68 heavy (non-hydrogen) atoms. The van der Waals surface area contributed by atoms with E-state index in [1.807, 2.05) is 144 Å². The molecule has 0 bridgehead atoms. The van der Waals surface area contributed by atoms with Gasteiger partial charge in [-0.1, -0.05) is 125 Å². The second kappa shape index (κ2) is 21.0. The molecule has 8 nitrogen and oxygen atoms in total. The summed E-state index contributed by atoms with van der Waals surface area (Å²) in [6.45, 7) is 0. The van der Waals surface area contributed by atoms with Gasteiger partial charge >= 0.3 is 0 Å². The average Bonchev–Trinajstić information content (AvgIpc) is 4.19. The smallest absolute Gasteiger partial charge is 0.189 e. The van der Waals surface area contributed by atoms with E-state index in [9.17, 15) is 14.9 Å². The Hall–Kier alpha value is -6.80. The summed E-state index contributed by atoms with van der Waals surface area (Å²) >= 11 is 22.9. The van der Waals surface area contributed by atoms with Crippen LogP contribution in [-0.4, -0.2) is 32.2 Å². The van der Waals surface area contributed by atoms with Crippen LogP contribution in [0, 0.1) is 22.7 Å². The van der Waals surface area contributed by atoms with Gasteiger partial charge in [-0.15, -0.1) is 44.2 Å². The number of ketones is 2. The number of benzene rings is 7. The van der Waals surface area contributed by atoms with Gasteiger partial charge in [-0.05, 0) is 136 Å². The number of nitriles is 2. The van der Waals surface area contributed by atoms with Crippen molar-refractivity contribution in [1.29, 1.82) is 10.5 Å². The van der Waals surface area contributed by atoms with Gasteiger partial charge in [0.2, 0.25) is 0 Å². The van der Waals surface area contributed by atoms with Gasteiger partial charge in [-0.2, -0.15) is 15.7 Å². The molecule has 0 fully saturated rings. The predicted octanol–water partition coefficient (Wildman–Crippen LogP) is 14.9. The number of rotatable bonds is 10. The van der Waals surface area contributed by atoms with Crippen LogP contribution in [0.2, 0.25) is 15.1 Å². The van der Waals surface area contributed by atoms with Crippen molar-refractivity contribution < 1.29 is 9.59 Å². The van der Waals surface area contributed by atoms with E-state index in [2.05, 4.69) is 44.9 Å². The SMILES string of the molecule is N#CC(C(=O)Cc1ccc2ccccc2c1)c1csc2ccc(Cl)cc12.N#CCc1csc2ccc(Cl)cc12.O=C(Cc1ccc2ccccc2c1)C(c1nn[nH]n1)c1csc2ccc(Cl)cc12. The number of hydrogen-bond donors (Lipinski definition) is 1. The quantitative estimate of drug-likeness (QED) is 0.144. The third-order valence-electron chi connectivity index (χ3n) is 11.4. The largest absolute Gasteiger partial charge is 0.298 e. The van der Waals surface area contributed by atoms with Crippen LogP contribution in [-0.2, 0) is 28.9 Å². The molecule has 0 aliphatic rings. The third-order valence-corrected chi connectivity index (χ3v) is 15.1. The number of carbonyl (C=O) groups excluding carboxylic acids is 2. The van der Waals surface area contributed by atoms with Crippen LogP contribution in [0.25, 0.3) is 51.8 Å². The van der Waals surface area contributed by atoms with Gasteiger partial charge in [0.25, 0.3) is 0 Å². The molecule has 0 radical (unpaired) electrons. The molecule has 0 amide bonds. The summed E-state index contributed by atoms with van der Waals surface area (Å²) in [6.07, 6.45) is 0.975. The first-order chi connectivity index (χ1) is 33.1. The number of tetrazole rings is 1. The molecule has 2 unspecified atom stereocenters. The van der Waals surface area contributed by atoms with E-state index in [1.165, 1.54) is 16.0 Å². The maximum atomic E-state index is 13.4. The van der Waals surface area contributed by atoms with Crippen molar-refractivity contribution >= 4 is 132 Å². The highest BCUT2D eigenvalue weighted by Crippen LogP contribution is 2.37. The van der Waals surface area contributed by atoms with Crippen molar-refractivity contribution in [1.82, 2.24) is 20.6 Å². The summed E-state index contributed by atoms with van der Waals surface area (Å²) in [6, 6.07) is 49.6. The summed E-state index contributed by atoms with van der Waals surface area (Å²) in [7, 11) is 0. The fraction of sp³-hybridized carbons (Fsp3) is 0.0926. The van der Waals surface area contributed by atoms with Crippen molar-refractivity contribution in [2.24, 2.45) is 0 Å². The number of hydrogen-bond acceptors (Lipinski definition) is 10. The normalized spacial score (nSPS) is 11.9. The number of fused-ring (bicyclic) bond motifs is 5. The number of H-pyrrole nitrogens is 1. The second-order valence-corrected chi connectivity index (χ2v) is 19.9. The number of aromatic amines is 1. The Bertz CT molecular complexity index is 3720. The van der Waals surface area contributed by atoms with Crippen LogP contribution in [0.15, 0.2) is 156 Å². The Morgan fingerprint density at radius 2 is 1.07 bits per heavy atom. The Kier molecular flexibility index (Phi) is 14.3. The van der Waals surface area contributed by atoms with Crippen molar-refractivity contribution in [3.05, 3.63) is 204 Å². The number of halogens is 3. The molecule has 4 aromatic heterocycles. The summed E-state index contributed by atoms with van der Waals surface area (Å²) in [5, 5.41) is 47.9. The van der Waals surface area contributed by atoms with E-state index < -0.39 is 11.8 Å². The van der Waals surface area contributed by atoms with Crippen LogP contribution in [0.1, 0.15) is 45.5 Å². The van der Waals surface area contributed by atoms with Crippen molar-refractivity contribution in [2.75, 3.05) is 0 Å². The zero-order chi connectivity index (χ0) is 47.1. The molecule has 332 valence electrons. The number of aromatic nitrogens is 4. The van der Waals surface area contributed by atoms with Crippen LogP contribution in [0.4, 0.5) is 0 Å². The number of Topliss-reactive ketones (excluding diaryl/α,β-unsaturated/α-hetero) is 2. The second-order valence-electron chi connectivity index (χ2n) is 15.8. The minimum atomic E-state index is -0.784. The molecule has 0 saturated carbocycles. The lowest BCUT2D eigenvalue weighted by atomic mass is 9.89. The summed E-state index contributed by atoms with van der Waals surface area (Å²) < 4.78 is 3.29. The van der Waals surface area contributed by atoms with Gasteiger partial charge in [-0.25, -0.2) is 0 Å². The fourth-order valence-electron chi connectivity index (χ4n) is 8.13. The van der Waals surface area contributed by atoms with Crippen molar-refractivity contribution in [2.45, 2.75) is 31.1 Å². The lowest BCUT2D eigenvalue weighted by Crippen LogP contribution is -2.18. The van der Waals surface area contributed by atoms with Gasteiger partial charge in [0, 0.05) is 42.0 Å². The first-order valence-electron chi connectivity index (χ1n) is 21.2. The molecular weight excluding hydrogens is 967 g/mol. The van der Waals surface area contributed by atoms with Gasteiger partial charge in [0.15, 0.2) is 17.4 Å². The van der Waals surface area contributed by atoms with Gasteiger partial charge in [0.05, 0.1) is 18.6 Å². The number of nitrogens with one attached hydrogen (secondary N) is 1. The molecule has 2 atom stereocenters. The van der Waals surface area contributed by atoms with Crippen LogP contribution >= 0.6 is 68.8 Å². The van der Waals surface area contributed by atoms with E-state index in [4.69, 9.17) is 40.1 Å². The number of carbonyl (C=O) groups is 2. The van der Waals surface area contributed by atoms with E-state index in [-0.39, 0.29) is 24.4 Å². The zero-order valence-corrected chi connectivity index (χ0v) is 40.4. The van der Waals surface area contributed by atoms with Gasteiger partial charge in [0.1, 0.15) is 11.8 Å². The Balaban J connectivity index is 0.000000136. The van der Waals surface area contributed by atoms with E-state index in [0.29, 0.717) is 22.3 Å². The predicted molar refractivity (Wildman–Crippen MR) is 280 cm³/mol. The summed E-state index contributed by atoms with van der Waals surface area (Å²) in [5.41, 5.74) is 4.57. The van der Waals surface area contributed by atoms with E-state index in [1.54, 1.807) is 22.7 Å². The Morgan fingerprint density at radius 1 is 0.574 bits per heavy atom. The molecule has 0 saturated heterocycles. The van der Waals surface area contributed by atoms with E-state index >= 15 is 0 Å². The van der Waals surface area contributed by atoms with Crippen LogP contribution < -0.4 is 0 Å². The van der Waals surface area contributed by atoms with Gasteiger partial charge < -0.3 is 0 Å². The Morgan fingerprint density at radius 3 is 1.62 bits per heavy atom.